The highest BCUT2D eigenvalue weighted by Crippen LogP contribution is 2.38. The molecule has 5 rings (SSSR count). The smallest absolute Gasteiger partial charge is 0.456 e. The molecule has 0 saturated carbocycles. The number of benzene rings is 2. The Morgan fingerprint density at radius 3 is 2.26 bits per heavy atom. The van der Waals surface area contributed by atoms with Gasteiger partial charge >= 0.3 is 12.1 Å². The van der Waals surface area contributed by atoms with Crippen LogP contribution in [-0.2, 0) is 15.8 Å². The van der Waals surface area contributed by atoms with Gasteiger partial charge < -0.3 is 20.1 Å². The molecule has 3 aliphatic rings. The number of amides is 2. The summed E-state index contributed by atoms with van der Waals surface area (Å²) in [7, 11) is -1.55. The van der Waals surface area contributed by atoms with Gasteiger partial charge in [0.1, 0.15) is 35.1 Å². The van der Waals surface area contributed by atoms with E-state index in [1.165, 1.54) is 18.2 Å². The first-order chi connectivity index (χ1) is 23.4. The van der Waals surface area contributed by atoms with E-state index in [4.69, 9.17) is 16.3 Å². The summed E-state index contributed by atoms with van der Waals surface area (Å²) in [6, 6.07) is 7.43. The molecule has 3 saturated heterocycles. The number of hydrogen-bond donors (Lipinski definition) is 3. The Morgan fingerprint density at radius 1 is 1.06 bits per heavy atom. The number of nitrogens with one attached hydrogen (secondary N) is 2. The van der Waals surface area contributed by atoms with Crippen molar-refractivity contribution >= 4 is 40.5 Å². The second-order valence-corrected chi connectivity index (χ2v) is 14.7. The van der Waals surface area contributed by atoms with Gasteiger partial charge in [0, 0.05) is 37.2 Å². The molecular formula is C33H37ClF6N4O5S. The van der Waals surface area contributed by atoms with Crippen molar-refractivity contribution in [1.82, 2.24) is 19.8 Å². The lowest BCUT2D eigenvalue weighted by Crippen LogP contribution is -2.54. The summed E-state index contributed by atoms with van der Waals surface area (Å²) in [5.41, 5.74) is 0.753. The molecule has 2 atom stereocenters. The first-order valence-corrected chi connectivity index (χ1v) is 17.4. The van der Waals surface area contributed by atoms with Gasteiger partial charge in [0.2, 0.25) is 5.91 Å². The van der Waals surface area contributed by atoms with Crippen LogP contribution in [0.3, 0.4) is 0 Å². The Bertz CT molecular complexity index is 1650. The fourth-order valence-electron chi connectivity index (χ4n) is 6.31. The quantitative estimate of drug-likeness (QED) is 0.298. The summed E-state index contributed by atoms with van der Waals surface area (Å²) in [6.07, 6.45) is -4.00. The molecule has 3 N–H and O–H groups in total. The van der Waals surface area contributed by atoms with Crippen molar-refractivity contribution in [2.24, 2.45) is 0 Å². The number of carbonyl (C=O) groups is 2. The maximum absolute atomic E-state index is 13.4. The summed E-state index contributed by atoms with van der Waals surface area (Å²) < 4.78 is 97.4. The van der Waals surface area contributed by atoms with Crippen LogP contribution in [0, 0.1) is 13.8 Å². The minimum absolute atomic E-state index is 0.167. The van der Waals surface area contributed by atoms with Crippen molar-refractivity contribution in [2.75, 3.05) is 39.5 Å². The lowest BCUT2D eigenvalue weighted by atomic mass is 9.88. The van der Waals surface area contributed by atoms with Gasteiger partial charge in [-0.2, -0.15) is 22.0 Å². The number of alkyl halides is 6. The molecule has 1 spiro atoms. The predicted octanol–water partition coefficient (Wildman–Crippen LogP) is 5.36. The largest absolute Gasteiger partial charge is 0.485 e. The Hall–Kier alpha value is -3.18. The first-order valence-electron chi connectivity index (χ1n) is 15.9. The first kappa shape index (κ1) is 38.1. The summed E-state index contributed by atoms with van der Waals surface area (Å²) in [4.78, 5) is 27.8. The highest BCUT2D eigenvalue weighted by molar-refractivity contribution is 7.85. The maximum atomic E-state index is 13.4. The monoisotopic (exact) mass is 750 g/mol. The predicted molar refractivity (Wildman–Crippen MR) is 175 cm³/mol. The SMILES string of the molecule is Cc1cc(C(=O)N2CCC(O)(CF)CC2)cc(C)c1/C=C/S(=O)N1CCC2(CC1)NC(c1ccc(Cl)c(OCC(F)(F)C(F)(F)F)c1)NC2=O. The normalized spacial score (nSPS) is 21.8. The van der Waals surface area contributed by atoms with Crippen molar-refractivity contribution in [3.05, 3.63) is 68.6 Å². The van der Waals surface area contributed by atoms with Gasteiger partial charge in [-0.05, 0) is 92.1 Å². The molecule has 17 heteroatoms. The third-order valence-corrected chi connectivity index (χ3v) is 11.1. The summed E-state index contributed by atoms with van der Waals surface area (Å²) >= 11 is 5.97. The van der Waals surface area contributed by atoms with Crippen molar-refractivity contribution in [3.63, 3.8) is 0 Å². The number of piperidine rings is 2. The molecule has 274 valence electrons. The zero-order valence-electron chi connectivity index (χ0n) is 27.2. The maximum Gasteiger partial charge on any atom is 0.456 e. The second kappa shape index (κ2) is 14.4. The molecule has 3 aliphatic heterocycles. The molecule has 0 aromatic heterocycles. The summed E-state index contributed by atoms with van der Waals surface area (Å²) in [6.45, 7) is 1.93. The van der Waals surface area contributed by atoms with E-state index in [9.17, 15) is 45.2 Å². The fourth-order valence-corrected chi connectivity index (χ4v) is 7.45. The second-order valence-electron chi connectivity index (χ2n) is 13.0. The third-order valence-electron chi connectivity index (χ3n) is 9.50. The van der Waals surface area contributed by atoms with E-state index in [0.29, 0.717) is 11.1 Å². The number of likely N-dealkylation sites (tertiary alicyclic amines) is 1. The minimum atomic E-state index is -5.80. The fraction of sp³-hybridized carbons (Fsp3) is 0.515. The number of carbonyl (C=O) groups excluding carboxylic acids is 2. The van der Waals surface area contributed by atoms with Crippen molar-refractivity contribution < 1.29 is 50.0 Å². The highest BCUT2D eigenvalue weighted by Gasteiger charge is 2.58. The zero-order chi connectivity index (χ0) is 36.6. The number of ether oxygens (including phenoxy) is 1. The van der Waals surface area contributed by atoms with Crippen LogP contribution in [0.1, 0.15) is 64.5 Å². The third kappa shape index (κ3) is 7.98. The van der Waals surface area contributed by atoms with Crippen LogP contribution >= 0.6 is 11.6 Å². The Labute approximate surface area is 292 Å². The topological polar surface area (TPSA) is 111 Å². The van der Waals surface area contributed by atoms with Crippen molar-refractivity contribution in [1.29, 1.82) is 0 Å². The molecule has 0 bridgehead atoms. The molecule has 0 radical (unpaired) electrons. The van der Waals surface area contributed by atoms with E-state index < -0.39 is 59.4 Å². The minimum Gasteiger partial charge on any atom is -0.485 e. The van der Waals surface area contributed by atoms with Crippen LogP contribution in [-0.4, -0.2) is 93.0 Å². The van der Waals surface area contributed by atoms with Crippen LogP contribution in [0.15, 0.2) is 35.7 Å². The van der Waals surface area contributed by atoms with Crippen LogP contribution in [0.5, 0.6) is 5.75 Å². The van der Waals surface area contributed by atoms with Crippen LogP contribution < -0.4 is 15.4 Å². The zero-order valence-corrected chi connectivity index (χ0v) is 28.8. The van der Waals surface area contributed by atoms with Gasteiger partial charge in [0.25, 0.3) is 5.91 Å². The van der Waals surface area contributed by atoms with Crippen LogP contribution in [0.25, 0.3) is 6.08 Å². The number of hydrogen-bond acceptors (Lipinski definition) is 6. The summed E-state index contributed by atoms with van der Waals surface area (Å²) in [5.74, 6) is -6.04. The standard InChI is InChI=1S/C33H37ClF6N4O5S/c1-20-15-23(28(45)43-10-6-30(47,18-35)7-11-43)16-21(2)24(20)5-14-50(48)44-12-8-31(9-13-44)29(46)41-27(42-31)22-3-4-25(34)26(17-22)49-19-32(36,37)33(38,39)40/h3-5,14-17,27,42,47H,6-13,18-19H2,1-2H3,(H,41,46)/b14-5+. The molecule has 9 nitrogen and oxygen atoms in total. The Morgan fingerprint density at radius 2 is 1.68 bits per heavy atom. The lowest BCUT2D eigenvalue weighted by Gasteiger charge is -2.36. The van der Waals surface area contributed by atoms with Crippen molar-refractivity contribution in [3.8, 4) is 5.75 Å². The number of halogens is 7. The molecule has 3 heterocycles. The average molecular weight is 751 g/mol. The number of rotatable bonds is 9. The van der Waals surface area contributed by atoms with Gasteiger partial charge in [0.15, 0.2) is 6.61 Å². The van der Waals surface area contributed by atoms with E-state index in [2.05, 4.69) is 10.6 Å². The molecule has 0 aliphatic carbocycles. The van der Waals surface area contributed by atoms with E-state index >= 15 is 0 Å². The van der Waals surface area contributed by atoms with Gasteiger partial charge in [-0.25, -0.2) is 12.9 Å². The molecule has 50 heavy (non-hydrogen) atoms. The molecular weight excluding hydrogens is 714 g/mol. The van der Waals surface area contributed by atoms with Crippen LogP contribution in [0.2, 0.25) is 5.02 Å². The Kier molecular flexibility index (Phi) is 11.0. The molecule has 2 unspecified atom stereocenters. The number of aliphatic hydroxyl groups is 1. The van der Waals surface area contributed by atoms with Gasteiger partial charge in [-0.1, -0.05) is 17.7 Å². The van der Waals surface area contributed by atoms with Crippen LogP contribution in [0.4, 0.5) is 26.3 Å². The molecule has 3 fully saturated rings. The summed E-state index contributed by atoms with van der Waals surface area (Å²) in [5, 5.41) is 17.5. The van der Waals surface area contributed by atoms with E-state index in [1.807, 2.05) is 13.8 Å². The van der Waals surface area contributed by atoms with Gasteiger partial charge in [0.05, 0.1) is 10.6 Å². The van der Waals surface area contributed by atoms with Gasteiger partial charge in [-0.15, -0.1) is 0 Å². The van der Waals surface area contributed by atoms with E-state index in [1.54, 1.807) is 32.8 Å². The lowest BCUT2D eigenvalue weighted by molar-refractivity contribution is -0.290. The Balaban J connectivity index is 1.18. The number of aryl methyl sites for hydroxylation is 2. The molecule has 2 amide bonds. The molecule has 2 aromatic carbocycles. The molecule has 2 aromatic rings. The average Bonchev–Trinajstić information content (AvgIpc) is 3.38. The highest BCUT2D eigenvalue weighted by atomic mass is 35.5. The van der Waals surface area contributed by atoms with Gasteiger partial charge in [-0.3, -0.25) is 14.9 Å². The van der Waals surface area contributed by atoms with Crippen molar-refractivity contribution in [2.45, 2.75) is 68.9 Å². The van der Waals surface area contributed by atoms with E-state index in [0.717, 1.165) is 16.7 Å². The van der Waals surface area contributed by atoms with E-state index in [-0.39, 0.29) is 68.7 Å². The number of nitrogens with zero attached hydrogens (tertiary/aromatic N) is 2.